The fraction of sp³-hybridized carbons (Fsp3) is 0.500. The molecule has 1 saturated heterocycles. The number of carbonyl (C=O) groups excluding carboxylic acids is 3. The molecule has 0 radical (unpaired) electrons. The fourth-order valence-corrected chi connectivity index (χ4v) is 3.33. The Morgan fingerprint density at radius 1 is 1.20 bits per heavy atom. The molecule has 1 fully saturated rings. The molecule has 0 aromatic heterocycles. The second-order valence-electron chi connectivity index (χ2n) is 7.30. The van der Waals surface area contributed by atoms with Crippen LogP contribution in [0.5, 0.6) is 0 Å². The summed E-state index contributed by atoms with van der Waals surface area (Å²) >= 11 is 0. The highest BCUT2D eigenvalue weighted by Crippen LogP contribution is 2.19. The van der Waals surface area contributed by atoms with E-state index >= 15 is 0 Å². The fourth-order valence-electron chi connectivity index (χ4n) is 3.33. The summed E-state index contributed by atoms with van der Waals surface area (Å²) in [6.07, 6.45) is 1.09. The number of nitrogens with two attached hydrogens (primary N) is 1. The van der Waals surface area contributed by atoms with E-state index in [-0.39, 0.29) is 6.42 Å². The van der Waals surface area contributed by atoms with Crippen LogP contribution < -0.4 is 16.4 Å². The number of nitrogens with one attached hydrogen (secondary N) is 2. The van der Waals surface area contributed by atoms with Gasteiger partial charge < -0.3 is 31.5 Å². The summed E-state index contributed by atoms with van der Waals surface area (Å²) in [5, 5.41) is 23.4. The van der Waals surface area contributed by atoms with Gasteiger partial charge in [-0.2, -0.15) is 0 Å². The molecule has 0 saturated carbocycles. The highest BCUT2D eigenvalue weighted by atomic mass is 16.4. The molecule has 164 valence electrons. The Morgan fingerprint density at radius 2 is 1.87 bits per heavy atom. The predicted molar refractivity (Wildman–Crippen MR) is 107 cm³/mol. The van der Waals surface area contributed by atoms with Crippen molar-refractivity contribution in [2.75, 3.05) is 13.2 Å². The van der Waals surface area contributed by atoms with Gasteiger partial charge >= 0.3 is 5.97 Å². The van der Waals surface area contributed by atoms with Crippen molar-refractivity contribution >= 4 is 23.7 Å². The lowest BCUT2D eigenvalue weighted by Crippen LogP contribution is -2.56. The molecule has 0 spiro atoms. The Balaban J connectivity index is 2.02. The van der Waals surface area contributed by atoms with E-state index in [1.54, 1.807) is 24.3 Å². The molecular formula is C20H28N4O6. The molecule has 4 atom stereocenters. The lowest BCUT2D eigenvalue weighted by Gasteiger charge is -2.28. The maximum absolute atomic E-state index is 12.8. The average molecular weight is 420 g/mol. The van der Waals surface area contributed by atoms with Gasteiger partial charge in [0.25, 0.3) is 0 Å². The molecule has 3 amide bonds. The first-order valence-corrected chi connectivity index (χ1v) is 9.79. The molecule has 10 nitrogen and oxygen atoms in total. The summed E-state index contributed by atoms with van der Waals surface area (Å²) in [7, 11) is 0. The molecule has 30 heavy (non-hydrogen) atoms. The highest BCUT2D eigenvalue weighted by molar-refractivity contribution is 5.94. The monoisotopic (exact) mass is 420 g/mol. The van der Waals surface area contributed by atoms with E-state index in [4.69, 9.17) is 10.8 Å². The summed E-state index contributed by atoms with van der Waals surface area (Å²) in [6.45, 7) is 1.23. The largest absolute Gasteiger partial charge is 0.480 e. The second-order valence-corrected chi connectivity index (χ2v) is 7.30. The number of nitrogens with zero attached hydrogens (tertiary/aromatic N) is 1. The van der Waals surface area contributed by atoms with Crippen LogP contribution >= 0.6 is 0 Å². The van der Waals surface area contributed by atoms with Crippen molar-refractivity contribution in [3.8, 4) is 0 Å². The van der Waals surface area contributed by atoms with Crippen LogP contribution in [-0.4, -0.2) is 76.1 Å². The molecular weight excluding hydrogens is 392 g/mol. The van der Waals surface area contributed by atoms with Crippen molar-refractivity contribution in [2.24, 2.45) is 5.73 Å². The number of likely N-dealkylation sites (tertiary alicyclic amines) is 1. The van der Waals surface area contributed by atoms with Gasteiger partial charge in [-0.3, -0.25) is 14.4 Å². The van der Waals surface area contributed by atoms with Crippen molar-refractivity contribution in [3.63, 3.8) is 0 Å². The van der Waals surface area contributed by atoms with Crippen molar-refractivity contribution in [3.05, 3.63) is 35.9 Å². The van der Waals surface area contributed by atoms with Gasteiger partial charge in [0.15, 0.2) is 0 Å². The van der Waals surface area contributed by atoms with Crippen molar-refractivity contribution in [1.82, 2.24) is 15.5 Å². The Morgan fingerprint density at radius 3 is 2.47 bits per heavy atom. The Kier molecular flexibility index (Phi) is 8.31. The van der Waals surface area contributed by atoms with Gasteiger partial charge in [-0.15, -0.1) is 0 Å². The number of rotatable bonds is 9. The third kappa shape index (κ3) is 6.01. The molecule has 1 heterocycles. The topological polar surface area (TPSA) is 162 Å². The van der Waals surface area contributed by atoms with Crippen molar-refractivity contribution < 1.29 is 29.4 Å². The third-order valence-electron chi connectivity index (χ3n) is 5.00. The minimum atomic E-state index is -1.17. The average Bonchev–Trinajstić information content (AvgIpc) is 3.22. The molecule has 6 N–H and O–H groups in total. The number of aliphatic hydroxyl groups excluding tert-OH is 1. The van der Waals surface area contributed by atoms with Gasteiger partial charge in [-0.25, -0.2) is 4.79 Å². The number of aliphatic hydroxyl groups is 1. The van der Waals surface area contributed by atoms with Crippen LogP contribution in [0, 0.1) is 0 Å². The number of carboxylic acids is 1. The molecule has 0 aliphatic carbocycles. The van der Waals surface area contributed by atoms with E-state index in [2.05, 4.69) is 10.6 Å². The number of benzene rings is 1. The molecule has 4 unspecified atom stereocenters. The Labute approximate surface area is 174 Å². The smallest absolute Gasteiger partial charge is 0.326 e. The van der Waals surface area contributed by atoms with Gasteiger partial charge in [-0.05, 0) is 25.3 Å². The van der Waals surface area contributed by atoms with Crippen molar-refractivity contribution in [1.29, 1.82) is 0 Å². The molecule has 0 bridgehead atoms. The Hall–Kier alpha value is -2.98. The van der Waals surface area contributed by atoms with E-state index in [9.17, 15) is 24.3 Å². The molecule has 10 heteroatoms. The summed E-state index contributed by atoms with van der Waals surface area (Å²) in [5.41, 5.74) is 6.20. The van der Waals surface area contributed by atoms with Crippen LogP contribution in [-0.2, 0) is 25.6 Å². The Bertz CT molecular complexity index is 772. The van der Waals surface area contributed by atoms with Crippen LogP contribution in [0.2, 0.25) is 0 Å². The van der Waals surface area contributed by atoms with Crippen LogP contribution in [0.25, 0.3) is 0 Å². The van der Waals surface area contributed by atoms with Crippen LogP contribution in [0.3, 0.4) is 0 Å². The predicted octanol–water partition coefficient (Wildman–Crippen LogP) is -1.39. The number of aliphatic carboxylic acids is 1. The molecule has 1 aliphatic heterocycles. The summed E-state index contributed by atoms with van der Waals surface area (Å²) < 4.78 is 0. The van der Waals surface area contributed by atoms with E-state index in [0.717, 1.165) is 5.56 Å². The van der Waals surface area contributed by atoms with Crippen LogP contribution in [0.1, 0.15) is 25.3 Å². The first kappa shape index (κ1) is 23.3. The maximum atomic E-state index is 12.8. The highest BCUT2D eigenvalue weighted by Gasteiger charge is 2.37. The quantitative estimate of drug-likeness (QED) is 0.329. The number of amides is 3. The SMILES string of the molecule is CC(NC(=O)C(N)CO)C(=O)N1CCCC1C(=O)NC(Cc1ccccc1)C(=O)O. The first-order valence-electron chi connectivity index (χ1n) is 9.79. The van der Waals surface area contributed by atoms with Gasteiger partial charge in [0.05, 0.1) is 6.61 Å². The molecule has 1 aliphatic rings. The first-order chi connectivity index (χ1) is 14.2. The van der Waals surface area contributed by atoms with Gasteiger partial charge in [0, 0.05) is 13.0 Å². The van der Waals surface area contributed by atoms with E-state index in [0.29, 0.717) is 19.4 Å². The number of carboxylic acid groups (broad SMARTS) is 1. The molecule has 1 aromatic carbocycles. The van der Waals surface area contributed by atoms with Gasteiger partial charge in [0.2, 0.25) is 17.7 Å². The second kappa shape index (κ2) is 10.7. The van der Waals surface area contributed by atoms with Crippen LogP contribution in [0.15, 0.2) is 30.3 Å². The lowest BCUT2D eigenvalue weighted by molar-refractivity contribution is -0.144. The van der Waals surface area contributed by atoms with E-state index in [1.807, 2.05) is 6.07 Å². The zero-order valence-corrected chi connectivity index (χ0v) is 16.8. The summed E-state index contributed by atoms with van der Waals surface area (Å²) in [4.78, 5) is 50.2. The zero-order chi connectivity index (χ0) is 22.3. The number of hydrogen-bond donors (Lipinski definition) is 5. The summed E-state index contributed by atoms with van der Waals surface area (Å²) in [6, 6.07) is 4.89. The standard InChI is InChI=1S/C20H28N4O6/c1-12(22-17(26)14(21)11-25)19(28)24-9-5-8-16(24)18(27)23-15(20(29)30)10-13-6-3-2-4-7-13/h2-4,6-7,12,14-16,25H,5,8-11,21H2,1H3,(H,22,26)(H,23,27)(H,29,30). The minimum absolute atomic E-state index is 0.119. The number of hydrogen-bond acceptors (Lipinski definition) is 6. The van der Waals surface area contributed by atoms with E-state index < -0.39 is 54.5 Å². The minimum Gasteiger partial charge on any atom is -0.480 e. The van der Waals surface area contributed by atoms with E-state index in [1.165, 1.54) is 11.8 Å². The van der Waals surface area contributed by atoms with Gasteiger partial charge in [-0.1, -0.05) is 30.3 Å². The number of carbonyl (C=O) groups is 4. The molecule has 1 aromatic rings. The van der Waals surface area contributed by atoms with Crippen LogP contribution in [0.4, 0.5) is 0 Å². The van der Waals surface area contributed by atoms with Crippen molar-refractivity contribution in [2.45, 2.75) is 50.4 Å². The zero-order valence-electron chi connectivity index (χ0n) is 16.8. The third-order valence-corrected chi connectivity index (χ3v) is 5.00. The molecule has 2 rings (SSSR count). The summed E-state index contributed by atoms with van der Waals surface area (Å²) in [5.74, 6) is -2.86. The lowest BCUT2D eigenvalue weighted by atomic mass is 10.1. The van der Waals surface area contributed by atoms with Gasteiger partial charge in [0.1, 0.15) is 24.2 Å². The maximum Gasteiger partial charge on any atom is 0.326 e. The normalized spacial score (nSPS) is 18.9.